The monoisotopic (exact) mass is 204 g/mol. The molecule has 1 aliphatic rings. The summed E-state index contributed by atoms with van der Waals surface area (Å²) < 4.78 is 0. The summed E-state index contributed by atoms with van der Waals surface area (Å²) in [5.74, 6) is 0. The third-order valence-electron chi connectivity index (χ3n) is 2.57. The SMILES string of the molecule is NC1CC(O)CC(NCC(O)CO)C1. The summed E-state index contributed by atoms with van der Waals surface area (Å²) in [7, 11) is 0. The number of hydrogen-bond acceptors (Lipinski definition) is 5. The Morgan fingerprint density at radius 3 is 2.64 bits per heavy atom. The largest absolute Gasteiger partial charge is 0.394 e. The van der Waals surface area contributed by atoms with Crippen molar-refractivity contribution in [2.24, 2.45) is 5.73 Å². The minimum absolute atomic E-state index is 0.0301. The zero-order chi connectivity index (χ0) is 10.6. The normalized spacial score (nSPS) is 35.6. The average Bonchev–Trinajstić information content (AvgIpc) is 2.12. The van der Waals surface area contributed by atoms with Crippen LogP contribution in [0.5, 0.6) is 0 Å². The lowest BCUT2D eigenvalue weighted by atomic mass is 9.89. The van der Waals surface area contributed by atoms with Gasteiger partial charge in [0.1, 0.15) is 0 Å². The summed E-state index contributed by atoms with van der Waals surface area (Å²) in [5.41, 5.74) is 5.74. The van der Waals surface area contributed by atoms with E-state index in [1.807, 2.05) is 0 Å². The van der Waals surface area contributed by atoms with E-state index >= 15 is 0 Å². The molecule has 0 saturated heterocycles. The van der Waals surface area contributed by atoms with Gasteiger partial charge in [0.2, 0.25) is 0 Å². The van der Waals surface area contributed by atoms with Crippen molar-refractivity contribution in [3.05, 3.63) is 0 Å². The van der Waals surface area contributed by atoms with Crippen LogP contribution in [0.15, 0.2) is 0 Å². The minimum Gasteiger partial charge on any atom is -0.394 e. The molecular weight excluding hydrogens is 184 g/mol. The number of hydrogen-bond donors (Lipinski definition) is 5. The van der Waals surface area contributed by atoms with Gasteiger partial charge in [0.05, 0.1) is 18.8 Å². The lowest BCUT2D eigenvalue weighted by Gasteiger charge is -2.31. The van der Waals surface area contributed by atoms with Crippen LogP contribution in [0.1, 0.15) is 19.3 Å². The highest BCUT2D eigenvalue weighted by Gasteiger charge is 2.25. The molecule has 0 heterocycles. The first kappa shape index (κ1) is 11.9. The molecule has 84 valence electrons. The fourth-order valence-electron chi connectivity index (χ4n) is 1.87. The second-order valence-corrected chi connectivity index (χ2v) is 4.06. The fourth-order valence-corrected chi connectivity index (χ4v) is 1.87. The maximum atomic E-state index is 9.44. The van der Waals surface area contributed by atoms with Crippen molar-refractivity contribution in [1.82, 2.24) is 5.32 Å². The summed E-state index contributed by atoms with van der Waals surface area (Å²) in [4.78, 5) is 0. The number of nitrogens with one attached hydrogen (secondary N) is 1. The van der Waals surface area contributed by atoms with Gasteiger partial charge in [0.25, 0.3) is 0 Å². The third-order valence-corrected chi connectivity index (χ3v) is 2.57. The zero-order valence-electron chi connectivity index (χ0n) is 8.26. The van der Waals surface area contributed by atoms with Crippen molar-refractivity contribution in [2.45, 2.75) is 43.6 Å². The first-order chi connectivity index (χ1) is 6.61. The van der Waals surface area contributed by atoms with Crippen LogP contribution in [-0.4, -0.2) is 52.8 Å². The van der Waals surface area contributed by atoms with Crippen LogP contribution in [-0.2, 0) is 0 Å². The van der Waals surface area contributed by atoms with Gasteiger partial charge in [0, 0.05) is 18.6 Å². The Kier molecular flexibility index (Phi) is 4.77. The highest BCUT2D eigenvalue weighted by Crippen LogP contribution is 2.17. The van der Waals surface area contributed by atoms with Gasteiger partial charge in [-0.15, -0.1) is 0 Å². The first-order valence-corrected chi connectivity index (χ1v) is 5.07. The summed E-state index contributed by atoms with van der Waals surface area (Å²) in [6.45, 7) is 0.106. The number of nitrogens with two attached hydrogens (primary N) is 1. The molecule has 0 spiro atoms. The molecule has 6 N–H and O–H groups in total. The van der Waals surface area contributed by atoms with E-state index < -0.39 is 6.10 Å². The van der Waals surface area contributed by atoms with Crippen LogP contribution in [0.3, 0.4) is 0 Å². The molecule has 4 unspecified atom stereocenters. The highest BCUT2D eigenvalue weighted by atomic mass is 16.3. The zero-order valence-corrected chi connectivity index (χ0v) is 8.26. The molecular formula is C9H20N2O3. The van der Waals surface area contributed by atoms with E-state index in [2.05, 4.69) is 5.32 Å². The van der Waals surface area contributed by atoms with Crippen LogP contribution < -0.4 is 11.1 Å². The maximum Gasteiger partial charge on any atom is 0.0895 e. The van der Waals surface area contributed by atoms with Crippen LogP contribution in [0.25, 0.3) is 0 Å². The number of aliphatic hydroxyl groups is 3. The molecule has 4 atom stereocenters. The summed E-state index contributed by atoms with van der Waals surface area (Å²) in [6, 6.07) is 0.178. The predicted molar refractivity (Wildman–Crippen MR) is 52.7 cm³/mol. The van der Waals surface area contributed by atoms with E-state index in [0.29, 0.717) is 19.4 Å². The molecule has 0 aromatic rings. The van der Waals surface area contributed by atoms with E-state index in [0.717, 1.165) is 6.42 Å². The Balaban J connectivity index is 2.23. The Morgan fingerprint density at radius 2 is 2.07 bits per heavy atom. The Morgan fingerprint density at radius 1 is 1.36 bits per heavy atom. The van der Waals surface area contributed by atoms with Gasteiger partial charge < -0.3 is 26.4 Å². The lowest BCUT2D eigenvalue weighted by Crippen LogP contribution is -2.46. The second kappa shape index (κ2) is 5.63. The van der Waals surface area contributed by atoms with Crippen molar-refractivity contribution in [1.29, 1.82) is 0 Å². The van der Waals surface area contributed by atoms with E-state index in [9.17, 15) is 5.11 Å². The molecule has 0 radical (unpaired) electrons. The second-order valence-electron chi connectivity index (χ2n) is 4.06. The molecule has 14 heavy (non-hydrogen) atoms. The van der Waals surface area contributed by atoms with Gasteiger partial charge in [-0.25, -0.2) is 0 Å². The molecule has 0 aliphatic heterocycles. The predicted octanol–water partition coefficient (Wildman–Crippen LogP) is -1.83. The van der Waals surface area contributed by atoms with Crippen LogP contribution in [0, 0.1) is 0 Å². The van der Waals surface area contributed by atoms with Gasteiger partial charge in [-0.05, 0) is 19.3 Å². The van der Waals surface area contributed by atoms with Crippen molar-refractivity contribution < 1.29 is 15.3 Å². The summed E-state index contributed by atoms with van der Waals surface area (Å²) in [5, 5.41) is 30.2. The van der Waals surface area contributed by atoms with Crippen molar-refractivity contribution in [3.8, 4) is 0 Å². The standard InChI is InChI=1S/C9H20N2O3/c10-6-1-7(3-8(13)2-6)11-4-9(14)5-12/h6-9,11-14H,1-5,10H2. The van der Waals surface area contributed by atoms with Gasteiger partial charge in [-0.2, -0.15) is 0 Å². The molecule has 1 fully saturated rings. The van der Waals surface area contributed by atoms with E-state index in [4.69, 9.17) is 15.9 Å². The minimum atomic E-state index is -0.731. The lowest BCUT2D eigenvalue weighted by molar-refractivity contribution is 0.0748. The van der Waals surface area contributed by atoms with Crippen molar-refractivity contribution >= 4 is 0 Å². The fraction of sp³-hybridized carbons (Fsp3) is 1.00. The first-order valence-electron chi connectivity index (χ1n) is 5.07. The van der Waals surface area contributed by atoms with Crippen LogP contribution >= 0.6 is 0 Å². The van der Waals surface area contributed by atoms with Gasteiger partial charge in [-0.1, -0.05) is 0 Å². The molecule has 0 aromatic carbocycles. The topological polar surface area (TPSA) is 98.7 Å². The third kappa shape index (κ3) is 3.89. The van der Waals surface area contributed by atoms with Crippen molar-refractivity contribution in [2.75, 3.05) is 13.2 Å². The summed E-state index contributed by atoms with van der Waals surface area (Å²) in [6.07, 6.45) is 1.06. The van der Waals surface area contributed by atoms with Crippen molar-refractivity contribution in [3.63, 3.8) is 0 Å². The Labute approximate surface area is 83.9 Å². The Bertz CT molecular complexity index is 158. The van der Waals surface area contributed by atoms with Gasteiger partial charge >= 0.3 is 0 Å². The Hall–Kier alpha value is -0.200. The number of rotatable bonds is 4. The molecule has 1 aliphatic carbocycles. The van der Waals surface area contributed by atoms with Gasteiger partial charge in [0.15, 0.2) is 0 Å². The van der Waals surface area contributed by atoms with Crippen LogP contribution in [0.2, 0.25) is 0 Å². The molecule has 5 heteroatoms. The smallest absolute Gasteiger partial charge is 0.0895 e. The summed E-state index contributed by atoms with van der Waals surface area (Å²) >= 11 is 0. The maximum absolute atomic E-state index is 9.44. The molecule has 1 saturated carbocycles. The van der Waals surface area contributed by atoms with E-state index in [1.54, 1.807) is 0 Å². The molecule has 0 bridgehead atoms. The quantitative estimate of drug-likeness (QED) is 0.371. The number of aliphatic hydroxyl groups excluding tert-OH is 3. The highest BCUT2D eigenvalue weighted by molar-refractivity contribution is 4.85. The van der Waals surface area contributed by atoms with E-state index in [-0.39, 0.29) is 24.8 Å². The van der Waals surface area contributed by atoms with Crippen LogP contribution in [0.4, 0.5) is 0 Å². The van der Waals surface area contributed by atoms with Gasteiger partial charge in [-0.3, -0.25) is 0 Å². The molecule has 0 amide bonds. The molecule has 1 rings (SSSR count). The average molecular weight is 204 g/mol. The molecule has 0 aromatic heterocycles. The molecule has 5 nitrogen and oxygen atoms in total. The van der Waals surface area contributed by atoms with E-state index in [1.165, 1.54) is 0 Å².